The van der Waals surface area contributed by atoms with Crippen molar-refractivity contribution in [1.29, 1.82) is 0 Å². The number of piperidine rings is 2. The first-order valence-electron chi connectivity index (χ1n) is 8.91. The van der Waals surface area contributed by atoms with E-state index in [2.05, 4.69) is 29.4 Å². The maximum absolute atomic E-state index is 12.0. The van der Waals surface area contributed by atoms with Crippen LogP contribution in [0.5, 0.6) is 0 Å². The van der Waals surface area contributed by atoms with Gasteiger partial charge >= 0.3 is 0 Å². The van der Waals surface area contributed by atoms with E-state index in [9.17, 15) is 4.79 Å². The number of nitrogens with one attached hydrogen (secondary N) is 2. The molecule has 1 amide bonds. The summed E-state index contributed by atoms with van der Waals surface area (Å²) in [6.45, 7) is 5.35. The molecule has 2 aliphatic heterocycles. The summed E-state index contributed by atoms with van der Waals surface area (Å²) in [4.78, 5) is 14.5. The second-order valence-electron chi connectivity index (χ2n) is 7.68. The molecule has 22 heavy (non-hydrogen) atoms. The Morgan fingerprint density at radius 3 is 2.36 bits per heavy atom. The monoisotopic (exact) mass is 323 g/mol. The highest BCUT2D eigenvalue weighted by molar-refractivity contribution is 7.80. The smallest absolute Gasteiger partial charge is 0.223 e. The number of amides is 1. The van der Waals surface area contributed by atoms with E-state index < -0.39 is 0 Å². The Hall–Kier alpha value is -0.840. The van der Waals surface area contributed by atoms with Crippen LogP contribution in [0.2, 0.25) is 0 Å². The van der Waals surface area contributed by atoms with Crippen LogP contribution in [0, 0.1) is 11.8 Å². The van der Waals surface area contributed by atoms with Crippen LogP contribution in [0.3, 0.4) is 0 Å². The molecule has 0 aromatic heterocycles. The van der Waals surface area contributed by atoms with Crippen LogP contribution in [0.1, 0.15) is 58.8 Å². The van der Waals surface area contributed by atoms with Gasteiger partial charge in [0.1, 0.15) is 0 Å². The number of hydrogen-bond donors (Lipinski definition) is 2. The topological polar surface area (TPSA) is 44.4 Å². The largest absolute Gasteiger partial charge is 0.362 e. The molecule has 2 heterocycles. The summed E-state index contributed by atoms with van der Waals surface area (Å²) in [6, 6.07) is 1.36. The lowest BCUT2D eigenvalue weighted by Gasteiger charge is -2.50. The Morgan fingerprint density at radius 1 is 1.18 bits per heavy atom. The van der Waals surface area contributed by atoms with E-state index in [1.165, 1.54) is 19.3 Å². The van der Waals surface area contributed by atoms with E-state index in [-0.39, 0.29) is 5.91 Å². The van der Waals surface area contributed by atoms with Gasteiger partial charge in [-0.05, 0) is 63.1 Å². The molecule has 2 saturated heterocycles. The zero-order chi connectivity index (χ0) is 15.7. The Labute approximate surface area is 139 Å². The molecule has 124 valence electrons. The van der Waals surface area contributed by atoms with Gasteiger partial charge in [0.15, 0.2) is 5.11 Å². The van der Waals surface area contributed by atoms with Gasteiger partial charge in [0, 0.05) is 30.6 Å². The molecule has 1 unspecified atom stereocenters. The number of hydrogen-bond acceptors (Lipinski definition) is 2. The molecule has 0 spiro atoms. The fraction of sp³-hybridized carbons (Fsp3) is 0.882. The Balaban J connectivity index is 1.58. The number of thiocarbonyl (C=S) groups is 1. The predicted molar refractivity (Wildman–Crippen MR) is 92.6 cm³/mol. The minimum atomic E-state index is 0.289. The van der Waals surface area contributed by atoms with Crippen molar-refractivity contribution in [3.8, 4) is 0 Å². The molecule has 0 radical (unpaired) electrons. The van der Waals surface area contributed by atoms with Crippen molar-refractivity contribution in [3.63, 3.8) is 0 Å². The third kappa shape index (κ3) is 3.73. The van der Waals surface area contributed by atoms with E-state index in [1.807, 2.05) is 0 Å². The third-order valence-corrected chi connectivity index (χ3v) is 5.52. The van der Waals surface area contributed by atoms with Crippen LogP contribution in [0.15, 0.2) is 0 Å². The van der Waals surface area contributed by atoms with E-state index >= 15 is 0 Å². The van der Waals surface area contributed by atoms with Gasteiger partial charge in [-0.1, -0.05) is 13.8 Å². The molecule has 4 nitrogen and oxygen atoms in total. The highest BCUT2D eigenvalue weighted by Crippen LogP contribution is 2.35. The molecule has 0 aromatic rings. The van der Waals surface area contributed by atoms with Crippen LogP contribution in [-0.2, 0) is 4.79 Å². The zero-order valence-corrected chi connectivity index (χ0v) is 14.6. The lowest BCUT2D eigenvalue weighted by Crippen LogP contribution is -2.61. The highest BCUT2D eigenvalue weighted by Gasteiger charge is 2.41. The minimum absolute atomic E-state index is 0.289. The molecule has 3 aliphatic rings. The third-order valence-electron chi connectivity index (χ3n) is 5.17. The Morgan fingerprint density at radius 2 is 1.82 bits per heavy atom. The van der Waals surface area contributed by atoms with Gasteiger partial charge in [0.25, 0.3) is 0 Å². The van der Waals surface area contributed by atoms with Gasteiger partial charge in [-0.2, -0.15) is 0 Å². The standard InChI is InChI=1S/C17H29N3OS/c1-11(2)10-18-17(22)20-14-4-3-5-15(20)9-13(8-14)19-16(21)12-6-7-12/h11-15H,3-10H2,1-2H3,(H,18,22)(H,19,21)/t13?,14-,15+. The maximum Gasteiger partial charge on any atom is 0.223 e. The quantitative estimate of drug-likeness (QED) is 0.780. The second-order valence-corrected chi connectivity index (χ2v) is 8.06. The van der Waals surface area contributed by atoms with Crippen molar-refractivity contribution >= 4 is 23.2 Å². The molecular formula is C17H29N3OS. The summed E-state index contributed by atoms with van der Waals surface area (Å²) in [6.07, 6.45) is 7.98. The van der Waals surface area contributed by atoms with E-state index in [0.29, 0.717) is 30.0 Å². The molecule has 2 N–H and O–H groups in total. The molecule has 2 bridgehead atoms. The Kier molecular flexibility index (Phi) is 4.91. The summed E-state index contributed by atoms with van der Waals surface area (Å²) in [5.74, 6) is 1.21. The molecule has 3 rings (SSSR count). The van der Waals surface area contributed by atoms with E-state index in [4.69, 9.17) is 12.2 Å². The summed E-state index contributed by atoms with van der Waals surface area (Å²) >= 11 is 5.65. The van der Waals surface area contributed by atoms with E-state index in [1.54, 1.807) is 0 Å². The summed E-state index contributed by atoms with van der Waals surface area (Å²) in [5.41, 5.74) is 0. The van der Waals surface area contributed by atoms with Crippen molar-refractivity contribution < 1.29 is 4.79 Å². The maximum atomic E-state index is 12.0. The van der Waals surface area contributed by atoms with Crippen LogP contribution in [0.25, 0.3) is 0 Å². The van der Waals surface area contributed by atoms with Crippen LogP contribution in [0.4, 0.5) is 0 Å². The average Bonchev–Trinajstić information content (AvgIpc) is 3.28. The SMILES string of the molecule is CC(C)CNC(=S)N1[C@@H]2CCC[C@H]1CC(NC(=O)C1CC1)C2. The van der Waals surface area contributed by atoms with Gasteiger partial charge < -0.3 is 15.5 Å². The van der Waals surface area contributed by atoms with Crippen molar-refractivity contribution in [2.75, 3.05) is 6.54 Å². The van der Waals surface area contributed by atoms with Crippen LogP contribution < -0.4 is 10.6 Å². The van der Waals surface area contributed by atoms with Crippen LogP contribution >= 0.6 is 12.2 Å². The fourth-order valence-electron chi connectivity index (χ4n) is 3.88. The van der Waals surface area contributed by atoms with Gasteiger partial charge in [-0.3, -0.25) is 4.79 Å². The first kappa shape index (κ1) is 16.0. The van der Waals surface area contributed by atoms with Gasteiger partial charge in [0.2, 0.25) is 5.91 Å². The number of nitrogens with zero attached hydrogens (tertiary/aromatic N) is 1. The van der Waals surface area contributed by atoms with Crippen molar-refractivity contribution in [3.05, 3.63) is 0 Å². The van der Waals surface area contributed by atoms with Gasteiger partial charge in [0.05, 0.1) is 0 Å². The lowest BCUT2D eigenvalue weighted by molar-refractivity contribution is -0.123. The minimum Gasteiger partial charge on any atom is -0.362 e. The number of carbonyl (C=O) groups excluding carboxylic acids is 1. The molecule has 3 atom stereocenters. The van der Waals surface area contributed by atoms with Crippen molar-refractivity contribution in [1.82, 2.24) is 15.5 Å². The van der Waals surface area contributed by atoms with Crippen molar-refractivity contribution in [2.24, 2.45) is 11.8 Å². The zero-order valence-electron chi connectivity index (χ0n) is 13.8. The summed E-state index contributed by atoms with van der Waals surface area (Å²) in [7, 11) is 0. The fourth-order valence-corrected chi connectivity index (χ4v) is 4.26. The van der Waals surface area contributed by atoms with Gasteiger partial charge in [-0.15, -0.1) is 0 Å². The highest BCUT2D eigenvalue weighted by atomic mass is 32.1. The molecular weight excluding hydrogens is 294 g/mol. The number of fused-ring (bicyclic) bond motifs is 2. The first-order chi connectivity index (χ1) is 10.5. The molecule has 1 aliphatic carbocycles. The molecule has 1 saturated carbocycles. The van der Waals surface area contributed by atoms with Crippen molar-refractivity contribution in [2.45, 2.75) is 76.9 Å². The first-order valence-corrected chi connectivity index (χ1v) is 9.32. The van der Waals surface area contributed by atoms with Gasteiger partial charge in [-0.25, -0.2) is 0 Å². The number of rotatable bonds is 4. The summed E-state index contributed by atoms with van der Waals surface area (Å²) < 4.78 is 0. The van der Waals surface area contributed by atoms with Crippen LogP contribution in [-0.4, -0.2) is 40.6 Å². The van der Waals surface area contributed by atoms with E-state index in [0.717, 1.165) is 37.3 Å². The lowest BCUT2D eigenvalue weighted by atomic mass is 9.82. The summed E-state index contributed by atoms with van der Waals surface area (Å²) in [5, 5.41) is 7.65. The Bertz CT molecular complexity index is 422. The second kappa shape index (κ2) is 6.73. The average molecular weight is 324 g/mol. The molecule has 3 fully saturated rings. The normalized spacial score (nSPS) is 31.0. The predicted octanol–water partition coefficient (Wildman–Crippen LogP) is 2.43. The number of carbonyl (C=O) groups is 1. The molecule has 5 heteroatoms. The molecule has 0 aromatic carbocycles.